The molecule has 106 valence electrons. The molecule has 0 amide bonds. The molecule has 2 aromatic heterocycles. The lowest BCUT2D eigenvalue weighted by atomic mass is 9.98. The second-order valence-corrected chi connectivity index (χ2v) is 8.47. The molecular weight excluding hydrogens is 288 g/mol. The van der Waals surface area contributed by atoms with Crippen LogP contribution >= 0.6 is 22.7 Å². The van der Waals surface area contributed by atoms with E-state index in [0.29, 0.717) is 6.42 Å². The van der Waals surface area contributed by atoms with Crippen LogP contribution in [0.4, 0.5) is 0 Å². The number of carbonyl (C=O) groups is 1. The molecule has 3 rings (SSSR count). The SMILES string of the molecule is CC(=O)Cc1nc2c(s1)-c1nc(C(C)(C)C)sc1CC2. The van der Waals surface area contributed by atoms with Gasteiger partial charge in [-0.2, -0.15) is 0 Å². The average Bonchev–Trinajstić information content (AvgIpc) is 2.87. The monoisotopic (exact) mass is 306 g/mol. The fraction of sp³-hybridized carbons (Fsp3) is 0.533. The molecule has 0 spiro atoms. The second kappa shape index (κ2) is 4.74. The van der Waals surface area contributed by atoms with Gasteiger partial charge in [-0.25, -0.2) is 9.97 Å². The Morgan fingerprint density at radius 2 is 1.95 bits per heavy atom. The maximum absolute atomic E-state index is 11.3. The van der Waals surface area contributed by atoms with Crippen LogP contribution in [0.5, 0.6) is 0 Å². The molecule has 2 aromatic rings. The average molecular weight is 306 g/mol. The van der Waals surface area contributed by atoms with Gasteiger partial charge in [0, 0.05) is 10.3 Å². The highest BCUT2D eigenvalue weighted by molar-refractivity contribution is 7.16. The van der Waals surface area contributed by atoms with Gasteiger partial charge in [0.2, 0.25) is 0 Å². The van der Waals surface area contributed by atoms with E-state index in [-0.39, 0.29) is 11.2 Å². The summed E-state index contributed by atoms with van der Waals surface area (Å²) >= 11 is 3.47. The quantitative estimate of drug-likeness (QED) is 0.847. The Kier molecular flexibility index (Phi) is 3.29. The van der Waals surface area contributed by atoms with Crippen molar-refractivity contribution in [1.82, 2.24) is 9.97 Å². The first-order valence-corrected chi connectivity index (χ1v) is 8.46. The van der Waals surface area contributed by atoms with Gasteiger partial charge in [0.25, 0.3) is 0 Å². The summed E-state index contributed by atoms with van der Waals surface area (Å²) < 4.78 is 0. The summed E-state index contributed by atoms with van der Waals surface area (Å²) in [4.78, 5) is 23.3. The smallest absolute Gasteiger partial charge is 0.136 e. The van der Waals surface area contributed by atoms with Crippen molar-refractivity contribution in [3.8, 4) is 10.6 Å². The lowest BCUT2D eigenvalue weighted by Gasteiger charge is -2.13. The molecular formula is C15H18N2OS2. The Hall–Kier alpha value is -1.07. The third-order valence-corrected chi connectivity index (χ3v) is 5.93. The molecule has 1 aliphatic rings. The summed E-state index contributed by atoms with van der Waals surface area (Å²) in [6.07, 6.45) is 2.45. The Bertz CT molecular complexity index is 677. The zero-order chi connectivity index (χ0) is 14.5. The highest BCUT2D eigenvalue weighted by Gasteiger charge is 2.28. The predicted molar refractivity (Wildman–Crippen MR) is 83.7 cm³/mol. The number of Topliss-reactive ketones (excluding diaryl/α,β-unsaturated/α-hetero) is 1. The van der Waals surface area contributed by atoms with Gasteiger partial charge in [-0.15, -0.1) is 22.7 Å². The molecule has 0 aliphatic heterocycles. The number of thiazole rings is 2. The Morgan fingerprint density at radius 3 is 2.60 bits per heavy atom. The van der Waals surface area contributed by atoms with Crippen molar-refractivity contribution in [3.63, 3.8) is 0 Å². The van der Waals surface area contributed by atoms with E-state index in [1.807, 2.05) is 11.3 Å². The number of hydrogen-bond donors (Lipinski definition) is 0. The van der Waals surface area contributed by atoms with E-state index in [1.54, 1.807) is 18.3 Å². The van der Waals surface area contributed by atoms with Crippen molar-refractivity contribution in [1.29, 1.82) is 0 Å². The zero-order valence-corrected chi connectivity index (χ0v) is 13.9. The van der Waals surface area contributed by atoms with Gasteiger partial charge in [-0.1, -0.05) is 20.8 Å². The van der Waals surface area contributed by atoms with Crippen molar-refractivity contribution < 1.29 is 4.79 Å². The summed E-state index contributed by atoms with van der Waals surface area (Å²) in [5.41, 5.74) is 2.34. The lowest BCUT2D eigenvalue weighted by molar-refractivity contribution is -0.116. The third kappa shape index (κ3) is 2.44. The van der Waals surface area contributed by atoms with Crippen LogP contribution in [0.2, 0.25) is 0 Å². The number of rotatable bonds is 2. The Labute approximate surface area is 127 Å². The van der Waals surface area contributed by atoms with E-state index in [0.717, 1.165) is 29.2 Å². The minimum Gasteiger partial charge on any atom is -0.300 e. The van der Waals surface area contributed by atoms with E-state index in [2.05, 4.69) is 25.8 Å². The first-order chi connectivity index (χ1) is 9.34. The second-order valence-electron chi connectivity index (χ2n) is 6.30. The maximum atomic E-state index is 11.3. The van der Waals surface area contributed by atoms with Crippen LogP contribution in [0.15, 0.2) is 0 Å². The van der Waals surface area contributed by atoms with E-state index < -0.39 is 0 Å². The van der Waals surface area contributed by atoms with Crippen molar-refractivity contribution in [2.75, 3.05) is 0 Å². The fourth-order valence-corrected chi connectivity index (χ4v) is 4.68. The molecule has 2 heterocycles. The molecule has 0 saturated carbocycles. The highest BCUT2D eigenvalue weighted by Crippen LogP contribution is 2.42. The maximum Gasteiger partial charge on any atom is 0.136 e. The molecule has 3 nitrogen and oxygen atoms in total. The van der Waals surface area contributed by atoms with Crippen LogP contribution in [0, 0.1) is 0 Å². The molecule has 5 heteroatoms. The Morgan fingerprint density at radius 1 is 1.20 bits per heavy atom. The van der Waals surface area contributed by atoms with Gasteiger partial charge in [0.1, 0.15) is 10.8 Å². The standard InChI is InChI=1S/C15H18N2OS2/c1-8(18)7-11-16-9-5-6-10-12(13(9)20-11)17-14(19-10)15(2,3)4/h5-7H2,1-4H3. The van der Waals surface area contributed by atoms with Gasteiger partial charge in [0.15, 0.2) is 0 Å². The summed E-state index contributed by atoms with van der Waals surface area (Å²) in [6, 6.07) is 0. The van der Waals surface area contributed by atoms with Crippen LogP contribution in [-0.2, 0) is 29.5 Å². The van der Waals surface area contributed by atoms with Crippen molar-refractivity contribution in [2.45, 2.75) is 52.4 Å². The molecule has 0 fully saturated rings. The molecule has 0 saturated heterocycles. The summed E-state index contributed by atoms with van der Waals surface area (Å²) in [6.45, 7) is 8.22. The summed E-state index contributed by atoms with van der Waals surface area (Å²) in [5, 5.41) is 2.12. The molecule has 1 aliphatic carbocycles. The first-order valence-electron chi connectivity index (χ1n) is 6.83. The minimum atomic E-state index is 0.0923. The fourth-order valence-electron chi connectivity index (χ4n) is 2.30. The third-order valence-electron chi connectivity index (χ3n) is 3.28. The number of hydrogen-bond acceptors (Lipinski definition) is 5. The molecule has 0 bridgehead atoms. The van der Waals surface area contributed by atoms with E-state index in [9.17, 15) is 4.79 Å². The van der Waals surface area contributed by atoms with Gasteiger partial charge >= 0.3 is 0 Å². The number of ketones is 1. The number of aromatic nitrogens is 2. The largest absolute Gasteiger partial charge is 0.300 e. The lowest BCUT2D eigenvalue weighted by Crippen LogP contribution is -2.10. The predicted octanol–water partition coefficient (Wildman–Crippen LogP) is 3.79. The van der Waals surface area contributed by atoms with Crippen LogP contribution < -0.4 is 0 Å². The zero-order valence-electron chi connectivity index (χ0n) is 12.2. The van der Waals surface area contributed by atoms with Crippen LogP contribution in [0.3, 0.4) is 0 Å². The summed E-state index contributed by atoms with van der Waals surface area (Å²) in [7, 11) is 0. The van der Waals surface area contributed by atoms with Gasteiger partial charge in [0.05, 0.1) is 27.7 Å². The molecule has 0 unspecified atom stereocenters. The molecule has 0 radical (unpaired) electrons. The molecule has 0 atom stereocenters. The Balaban J connectivity index is 2.04. The van der Waals surface area contributed by atoms with Crippen LogP contribution in [0.25, 0.3) is 10.6 Å². The molecule has 0 aromatic carbocycles. The van der Waals surface area contributed by atoms with E-state index in [1.165, 1.54) is 14.8 Å². The molecule has 20 heavy (non-hydrogen) atoms. The van der Waals surface area contributed by atoms with E-state index >= 15 is 0 Å². The van der Waals surface area contributed by atoms with Crippen LogP contribution in [0.1, 0.15) is 48.3 Å². The number of carbonyl (C=O) groups excluding carboxylic acids is 1. The van der Waals surface area contributed by atoms with Crippen molar-refractivity contribution in [2.24, 2.45) is 0 Å². The summed E-state index contributed by atoms with van der Waals surface area (Å²) in [5.74, 6) is 0.171. The number of fused-ring (bicyclic) bond motifs is 3. The van der Waals surface area contributed by atoms with Crippen LogP contribution in [-0.4, -0.2) is 15.8 Å². The highest BCUT2D eigenvalue weighted by atomic mass is 32.1. The normalized spacial score (nSPS) is 14.0. The van der Waals surface area contributed by atoms with Gasteiger partial charge in [-0.3, -0.25) is 4.79 Å². The van der Waals surface area contributed by atoms with Crippen molar-refractivity contribution in [3.05, 3.63) is 20.6 Å². The first kappa shape index (κ1) is 13.9. The number of nitrogens with zero attached hydrogens (tertiary/aromatic N) is 2. The number of aryl methyl sites for hydroxylation is 2. The molecule has 0 N–H and O–H groups in total. The minimum absolute atomic E-state index is 0.0923. The van der Waals surface area contributed by atoms with Gasteiger partial charge < -0.3 is 0 Å². The van der Waals surface area contributed by atoms with E-state index in [4.69, 9.17) is 4.98 Å². The topological polar surface area (TPSA) is 42.9 Å². The van der Waals surface area contributed by atoms with Crippen molar-refractivity contribution >= 4 is 28.5 Å². The van der Waals surface area contributed by atoms with Gasteiger partial charge in [-0.05, 0) is 19.8 Å².